The molecule has 0 rings (SSSR count). The fraction of sp³-hybridized carbons (Fsp3) is 1.00. The maximum absolute atomic E-state index is 11.6. The van der Waals surface area contributed by atoms with Crippen molar-refractivity contribution in [2.45, 2.75) is 25.3 Å². The molecule has 0 amide bonds. The summed E-state index contributed by atoms with van der Waals surface area (Å²) in [6.07, 6.45) is -4.22. The Morgan fingerprint density at radius 1 is 1.23 bits per heavy atom. The Balaban J connectivity index is 3.47. The van der Waals surface area contributed by atoms with Gasteiger partial charge in [0.1, 0.15) is 6.61 Å². The predicted molar refractivity (Wildman–Crippen MR) is 46.2 cm³/mol. The van der Waals surface area contributed by atoms with Gasteiger partial charge in [0, 0.05) is 13.7 Å². The number of hydrogen-bond acceptors (Lipinski definition) is 2. The molecule has 0 aromatic carbocycles. The van der Waals surface area contributed by atoms with Crippen molar-refractivity contribution in [2.75, 3.05) is 20.3 Å². The maximum Gasteiger partial charge on any atom is 0.411 e. The monoisotopic (exact) mass is 216 g/mol. The van der Waals surface area contributed by atoms with E-state index >= 15 is 0 Å². The first-order chi connectivity index (χ1) is 5.77. The van der Waals surface area contributed by atoms with Crippen molar-refractivity contribution in [1.29, 1.82) is 0 Å². The molecule has 0 unspecified atom stereocenters. The number of ether oxygens (including phenoxy) is 1. The number of rotatable bonds is 5. The number of alkyl halides is 3. The van der Waals surface area contributed by atoms with Crippen molar-refractivity contribution in [3.8, 4) is 0 Å². The Morgan fingerprint density at radius 2 is 1.77 bits per heavy atom. The summed E-state index contributed by atoms with van der Waals surface area (Å²) in [6, 6.07) is 0.583. The summed E-state index contributed by atoms with van der Waals surface area (Å²) in [5, 5.41) is 0. The molecule has 0 bridgehead atoms. The summed E-state index contributed by atoms with van der Waals surface area (Å²) in [5.74, 6) is 0. The SMILES string of the molecule is CO[Si](C)(C)CCOCC(F)(F)F. The predicted octanol–water partition coefficient (Wildman–Crippen LogP) is 2.42. The van der Waals surface area contributed by atoms with Gasteiger partial charge in [0.25, 0.3) is 0 Å². The Morgan fingerprint density at radius 3 is 2.15 bits per heavy atom. The molecule has 13 heavy (non-hydrogen) atoms. The first-order valence-electron chi connectivity index (χ1n) is 3.96. The lowest BCUT2D eigenvalue weighted by Gasteiger charge is -2.19. The molecule has 0 radical (unpaired) electrons. The van der Waals surface area contributed by atoms with Gasteiger partial charge in [0.15, 0.2) is 8.32 Å². The van der Waals surface area contributed by atoms with Gasteiger partial charge >= 0.3 is 6.18 Å². The van der Waals surface area contributed by atoms with Crippen LogP contribution in [-0.2, 0) is 9.16 Å². The van der Waals surface area contributed by atoms with Gasteiger partial charge in [-0.15, -0.1) is 0 Å². The van der Waals surface area contributed by atoms with Crippen LogP contribution in [0.25, 0.3) is 0 Å². The minimum absolute atomic E-state index is 0.118. The first kappa shape index (κ1) is 12.9. The van der Waals surface area contributed by atoms with Gasteiger partial charge in [0.05, 0.1) is 0 Å². The highest BCUT2D eigenvalue weighted by atomic mass is 28.4. The first-order valence-corrected chi connectivity index (χ1v) is 7.08. The quantitative estimate of drug-likeness (QED) is 0.519. The minimum atomic E-state index is -4.22. The molecule has 0 heterocycles. The van der Waals surface area contributed by atoms with Crippen LogP contribution in [0.15, 0.2) is 0 Å². The highest BCUT2D eigenvalue weighted by Gasteiger charge is 2.28. The fourth-order valence-electron chi connectivity index (χ4n) is 0.608. The highest BCUT2D eigenvalue weighted by Crippen LogP contribution is 2.15. The molecule has 6 heteroatoms. The summed E-state index contributed by atoms with van der Waals surface area (Å²) in [4.78, 5) is 0. The van der Waals surface area contributed by atoms with Gasteiger partial charge in [0.2, 0.25) is 0 Å². The van der Waals surface area contributed by atoms with E-state index in [0.29, 0.717) is 6.04 Å². The van der Waals surface area contributed by atoms with Crippen molar-refractivity contribution in [3.05, 3.63) is 0 Å². The largest absolute Gasteiger partial charge is 0.420 e. The van der Waals surface area contributed by atoms with Crippen molar-refractivity contribution >= 4 is 8.32 Å². The zero-order valence-electron chi connectivity index (χ0n) is 8.07. The second kappa shape index (κ2) is 4.97. The summed E-state index contributed by atoms with van der Waals surface area (Å²) in [7, 11) is -0.187. The van der Waals surface area contributed by atoms with E-state index in [0.717, 1.165) is 0 Å². The van der Waals surface area contributed by atoms with Crippen molar-refractivity contribution < 1.29 is 22.3 Å². The van der Waals surface area contributed by atoms with Gasteiger partial charge in [-0.1, -0.05) is 0 Å². The summed E-state index contributed by atoms with van der Waals surface area (Å²) in [5.41, 5.74) is 0. The van der Waals surface area contributed by atoms with Crippen LogP contribution in [0.2, 0.25) is 19.1 Å². The molecule has 0 saturated carbocycles. The average Bonchev–Trinajstić information content (AvgIpc) is 1.97. The number of halogens is 3. The zero-order chi connectivity index (χ0) is 10.5. The Hall–Kier alpha value is -0.0731. The molecule has 0 saturated heterocycles. The third kappa shape index (κ3) is 8.26. The van der Waals surface area contributed by atoms with Crippen LogP contribution in [0.3, 0.4) is 0 Å². The van der Waals surface area contributed by atoms with Crippen LogP contribution < -0.4 is 0 Å². The summed E-state index contributed by atoms with van der Waals surface area (Å²) < 4.78 is 44.5. The normalized spacial score (nSPS) is 13.4. The van der Waals surface area contributed by atoms with Crippen molar-refractivity contribution in [2.24, 2.45) is 0 Å². The van der Waals surface area contributed by atoms with Crippen molar-refractivity contribution in [1.82, 2.24) is 0 Å². The van der Waals surface area contributed by atoms with E-state index in [1.807, 2.05) is 13.1 Å². The standard InChI is InChI=1S/C7H15F3O2Si/c1-11-13(2,3)5-4-12-6-7(8,9)10/h4-6H2,1-3H3. The second-order valence-electron chi connectivity index (χ2n) is 3.38. The van der Waals surface area contributed by atoms with Crippen LogP contribution in [-0.4, -0.2) is 34.8 Å². The molecule has 0 aliphatic rings. The molecule has 2 nitrogen and oxygen atoms in total. The third-order valence-corrected chi connectivity index (χ3v) is 4.18. The molecule has 0 aliphatic carbocycles. The van der Waals surface area contributed by atoms with E-state index in [2.05, 4.69) is 4.74 Å². The molecule has 0 aliphatic heterocycles. The smallest absolute Gasteiger partial charge is 0.411 e. The summed E-state index contributed by atoms with van der Waals surface area (Å²) >= 11 is 0. The van der Waals surface area contributed by atoms with Gasteiger partial charge in [-0.05, 0) is 19.1 Å². The fourth-order valence-corrected chi connectivity index (χ4v) is 1.45. The molecule has 0 atom stereocenters. The molecule has 80 valence electrons. The molecular formula is C7H15F3O2Si. The lowest BCUT2D eigenvalue weighted by atomic mass is 10.7. The van der Waals surface area contributed by atoms with Gasteiger partial charge in [-0.2, -0.15) is 13.2 Å². The highest BCUT2D eigenvalue weighted by molar-refractivity contribution is 6.71. The molecule has 0 fully saturated rings. The lowest BCUT2D eigenvalue weighted by molar-refractivity contribution is -0.172. The van der Waals surface area contributed by atoms with E-state index < -0.39 is 21.1 Å². The Bertz CT molecular complexity index is 147. The maximum atomic E-state index is 11.6. The van der Waals surface area contributed by atoms with E-state index in [4.69, 9.17) is 4.43 Å². The molecular weight excluding hydrogens is 201 g/mol. The van der Waals surface area contributed by atoms with Crippen molar-refractivity contribution in [3.63, 3.8) is 0 Å². The molecule has 0 spiro atoms. The minimum Gasteiger partial charge on any atom is -0.420 e. The zero-order valence-corrected chi connectivity index (χ0v) is 9.07. The molecule has 0 aromatic rings. The topological polar surface area (TPSA) is 18.5 Å². The van der Waals surface area contributed by atoms with E-state index in [1.165, 1.54) is 0 Å². The number of hydrogen-bond donors (Lipinski definition) is 0. The second-order valence-corrected chi connectivity index (χ2v) is 7.81. The molecule has 0 aromatic heterocycles. The molecule has 0 N–H and O–H groups in total. The van der Waals surface area contributed by atoms with Crippen LogP contribution in [0.5, 0.6) is 0 Å². The van der Waals surface area contributed by atoms with Gasteiger partial charge in [-0.3, -0.25) is 0 Å². The van der Waals surface area contributed by atoms with Gasteiger partial charge < -0.3 is 9.16 Å². The lowest BCUT2D eigenvalue weighted by Crippen LogP contribution is -2.30. The Labute approximate surface area is 77.2 Å². The van der Waals surface area contributed by atoms with E-state index in [9.17, 15) is 13.2 Å². The van der Waals surface area contributed by atoms with Crippen LogP contribution in [0.4, 0.5) is 13.2 Å². The van der Waals surface area contributed by atoms with Gasteiger partial charge in [-0.25, -0.2) is 0 Å². The van der Waals surface area contributed by atoms with E-state index in [1.54, 1.807) is 7.11 Å². The Kier molecular flexibility index (Phi) is 4.94. The van der Waals surface area contributed by atoms with Crippen LogP contribution >= 0.6 is 0 Å². The third-order valence-electron chi connectivity index (χ3n) is 1.67. The average molecular weight is 216 g/mol. The van der Waals surface area contributed by atoms with Crippen LogP contribution in [0, 0.1) is 0 Å². The summed E-state index contributed by atoms with van der Waals surface area (Å²) in [6.45, 7) is 2.82. The van der Waals surface area contributed by atoms with Crippen LogP contribution in [0.1, 0.15) is 0 Å². The van der Waals surface area contributed by atoms with E-state index in [-0.39, 0.29) is 6.61 Å².